The lowest BCUT2D eigenvalue weighted by Gasteiger charge is -2.18. The quantitative estimate of drug-likeness (QED) is 0.911. The Morgan fingerprint density at radius 2 is 2.05 bits per heavy atom. The number of hydrogen-bond acceptors (Lipinski definition) is 3. The van der Waals surface area contributed by atoms with Gasteiger partial charge in [-0.1, -0.05) is 18.2 Å². The van der Waals surface area contributed by atoms with Crippen LogP contribution in [0.2, 0.25) is 0 Å². The molecule has 1 N–H and O–H groups in total. The molecule has 0 radical (unpaired) electrons. The average Bonchev–Trinajstić information content (AvgIpc) is 2.38. The summed E-state index contributed by atoms with van der Waals surface area (Å²) in [5.41, 5.74) is -1.05. The second kappa shape index (κ2) is 4.84. The Hall–Kier alpha value is -2.17. The van der Waals surface area contributed by atoms with Crippen molar-refractivity contribution in [3.8, 4) is 0 Å². The molecule has 19 heavy (non-hydrogen) atoms. The molecule has 0 fully saturated rings. The first-order valence-corrected chi connectivity index (χ1v) is 6.10. The number of aryl methyl sites for hydroxylation is 1. The van der Waals surface area contributed by atoms with Gasteiger partial charge in [-0.3, -0.25) is 9.59 Å². The van der Waals surface area contributed by atoms with Gasteiger partial charge in [0, 0.05) is 11.9 Å². The van der Waals surface area contributed by atoms with Gasteiger partial charge >= 0.3 is 5.97 Å². The molecule has 0 saturated heterocycles. The van der Waals surface area contributed by atoms with Crippen LogP contribution in [-0.2, 0) is 11.3 Å². The van der Waals surface area contributed by atoms with E-state index in [4.69, 9.17) is 5.11 Å². The van der Waals surface area contributed by atoms with E-state index in [0.717, 1.165) is 5.39 Å². The minimum absolute atomic E-state index is 0.181. The first-order chi connectivity index (χ1) is 8.92. The van der Waals surface area contributed by atoms with Crippen molar-refractivity contribution in [1.29, 1.82) is 0 Å². The standard InChI is InChI=1S/C14H16N2O3/c1-14(2,13(18)19)7-8-16-12(17)11-6-4-3-5-10(11)9-15-16/h3-6,9H,7-8H2,1-2H3,(H,18,19). The van der Waals surface area contributed by atoms with Crippen molar-refractivity contribution in [3.05, 3.63) is 40.8 Å². The van der Waals surface area contributed by atoms with E-state index in [2.05, 4.69) is 5.10 Å². The van der Waals surface area contributed by atoms with Crippen LogP contribution >= 0.6 is 0 Å². The van der Waals surface area contributed by atoms with E-state index in [9.17, 15) is 9.59 Å². The number of aromatic nitrogens is 2. The maximum atomic E-state index is 12.2. The van der Waals surface area contributed by atoms with Crippen LogP contribution in [0.5, 0.6) is 0 Å². The fraction of sp³-hybridized carbons (Fsp3) is 0.357. The normalized spacial score (nSPS) is 11.7. The summed E-state index contributed by atoms with van der Waals surface area (Å²) >= 11 is 0. The molecule has 0 unspecified atom stereocenters. The van der Waals surface area contributed by atoms with Crippen LogP contribution < -0.4 is 5.56 Å². The lowest BCUT2D eigenvalue weighted by molar-refractivity contribution is -0.147. The zero-order valence-corrected chi connectivity index (χ0v) is 11.0. The van der Waals surface area contributed by atoms with Gasteiger partial charge < -0.3 is 5.11 Å². The second-order valence-electron chi connectivity index (χ2n) is 5.20. The summed E-state index contributed by atoms with van der Waals surface area (Å²) in [5.74, 6) is -0.874. The highest BCUT2D eigenvalue weighted by atomic mass is 16.4. The van der Waals surface area contributed by atoms with E-state index >= 15 is 0 Å². The number of hydrogen-bond donors (Lipinski definition) is 1. The Balaban J connectivity index is 2.30. The number of carboxylic acid groups (broad SMARTS) is 1. The van der Waals surface area contributed by atoms with E-state index in [-0.39, 0.29) is 5.56 Å². The molecule has 0 amide bonds. The van der Waals surface area contributed by atoms with Crippen molar-refractivity contribution in [2.45, 2.75) is 26.8 Å². The van der Waals surface area contributed by atoms with E-state index in [0.29, 0.717) is 18.4 Å². The molecule has 0 saturated carbocycles. The lowest BCUT2D eigenvalue weighted by Crippen LogP contribution is -2.29. The molecule has 5 nitrogen and oxygen atoms in total. The topological polar surface area (TPSA) is 72.2 Å². The van der Waals surface area contributed by atoms with Gasteiger partial charge in [0.15, 0.2) is 0 Å². The lowest BCUT2D eigenvalue weighted by atomic mass is 9.90. The summed E-state index contributed by atoms with van der Waals surface area (Å²) in [6.07, 6.45) is 1.98. The molecule has 100 valence electrons. The SMILES string of the molecule is CC(C)(CCn1ncc2ccccc2c1=O)C(=O)O. The molecule has 1 aromatic heterocycles. The first-order valence-electron chi connectivity index (χ1n) is 6.10. The highest BCUT2D eigenvalue weighted by Gasteiger charge is 2.26. The van der Waals surface area contributed by atoms with Gasteiger partial charge in [-0.15, -0.1) is 0 Å². The third kappa shape index (κ3) is 2.65. The molecule has 5 heteroatoms. The van der Waals surface area contributed by atoms with E-state index in [1.807, 2.05) is 12.1 Å². The molecule has 2 rings (SSSR count). The van der Waals surface area contributed by atoms with Crippen molar-refractivity contribution in [2.75, 3.05) is 0 Å². The van der Waals surface area contributed by atoms with E-state index in [1.54, 1.807) is 32.2 Å². The minimum Gasteiger partial charge on any atom is -0.481 e. The first kappa shape index (κ1) is 13.3. The third-order valence-electron chi connectivity index (χ3n) is 3.29. The molecule has 2 aromatic rings. The van der Waals surface area contributed by atoms with Crippen LogP contribution in [0.1, 0.15) is 20.3 Å². The van der Waals surface area contributed by atoms with Crippen LogP contribution in [0.25, 0.3) is 10.8 Å². The Kier molecular flexibility index (Phi) is 3.38. The summed E-state index contributed by atoms with van der Waals surface area (Å²) in [5, 5.41) is 14.5. The molecule has 0 atom stereocenters. The molecular weight excluding hydrogens is 244 g/mol. The average molecular weight is 260 g/mol. The maximum Gasteiger partial charge on any atom is 0.309 e. The molecular formula is C14H16N2O3. The Morgan fingerprint density at radius 3 is 2.74 bits per heavy atom. The van der Waals surface area contributed by atoms with Crippen LogP contribution in [0.15, 0.2) is 35.3 Å². The minimum atomic E-state index is -0.874. The number of carbonyl (C=O) groups is 1. The molecule has 0 aliphatic carbocycles. The highest BCUT2D eigenvalue weighted by Crippen LogP contribution is 2.20. The highest BCUT2D eigenvalue weighted by molar-refractivity contribution is 5.80. The monoisotopic (exact) mass is 260 g/mol. The predicted molar refractivity (Wildman–Crippen MR) is 72.0 cm³/mol. The molecule has 0 spiro atoms. The third-order valence-corrected chi connectivity index (χ3v) is 3.29. The zero-order valence-electron chi connectivity index (χ0n) is 11.0. The van der Waals surface area contributed by atoms with Crippen molar-refractivity contribution in [1.82, 2.24) is 9.78 Å². The summed E-state index contributed by atoms with van der Waals surface area (Å²) in [6.45, 7) is 3.58. The summed E-state index contributed by atoms with van der Waals surface area (Å²) in [4.78, 5) is 23.2. The summed E-state index contributed by atoms with van der Waals surface area (Å²) < 4.78 is 1.33. The second-order valence-corrected chi connectivity index (χ2v) is 5.20. The van der Waals surface area contributed by atoms with Crippen molar-refractivity contribution < 1.29 is 9.90 Å². The number of fused-ring (bicyclic) bond motifs is 1. The van der Waals surface area contributed by atoms with Crippen molar-refractivity contribution in [2.24, 2.45) is 5.41 Å². The summed E-state index contributed by atoms with van der Waals surface area (Å²) in [7, 11) is 0. The van der Waals surface area contributed by atoms with E-state index in [1.165, 1.54) is 4.68 Å². The Labute approximate surface area is 110 Å². The molecule has 0 aliphatic rings. The molecule has 0 bridgehead atoms. The van der Waals surface area contributed by atoms with Crippen LogP contribution in [0, 0.1) is 5.41 Å². The van der Waals surface area contributed by atoms with Gasteiger partial charge in [0.25, 0.3) is 5.56 Å². The van der Waals surface area contributed by atoms with Crippen LogP contribution in [0.3, 0.4) is 0 Å². The Morgan fingerprint density at radius 1 is 1.37 bits per heavy atom. The van der Waals surface area contributed by atoms with E-state index < -0.39 is 11.4 Å². The van der Waals surface area contributed by atoms with Gasteiger partial charge in [0.1, 0.15) is 0 Å². The van der Waals surface area contributed by atoms with Crippen molar-refractivity contribution >= 4 is 16.7 Å². The molecule has 0 aliphatic heterocycles. The van der Waals surface area contributed by atoms with Gasteiger partial charge in [-0.05, 0) is 26.3 Å². The fourth-order valence-electron chi connectivity index (χ4n) is 1.78. The Bertz CT molecular complexity index is 674. The zero-order chi connectivity index (χ0) is 14.0. The summed E-state index contributed by atoms with van der Waals surface area (Å²) in [6, 6.07) is 7.23. The van der Waals surface area contributed by atoms with Gasteiger partial charge in [0.05, 0.1) is 17.0 Å². The van der Waals surface area contributed by atoms with Gasteiger partial charge in [0.2, 0.25) is 0 Å². The number of carboxylic acids is 1. The van der Waals surface area contributed by atoms with Crippen molar-refractivity contribution in [3.63, 3.8) is 0 Å². The number of benzene rings is 1. The molecule has 1 aromatic carbocycles. The maximum absolute atomic E-state index is 12.2. The number of nitrogens with zero attached hydrogens (tertiary/aromatic N) is 2. The number of rotatable bonds is 4. The van der Waals surface area contributed by atoms with Gasteiger partial charge in [-0.25, -0.2) is 4.68 Å². The van der Waals surface area contributed by atoms with Crippen LogP contribution in [-0.4, -0.2) is 20.9 Å². The predicted octanol–water partition coefficient (Wildman–Crippen LogP) is 1.90. The fourth-order valence-corrected chi connectivity index (χ4v) is 1.78. The van der Waals surface area contributed by atoms with Crippen LogP contribution in [0.4, 0.5) is 0 Å². The number of aliphatic carboxylic acids is 1. The van der Waals surface area contributed by atoms with Gasteiger partial charge in [-0.2, -0.15) is 5.10 Å². The smallest absolute Gasteiger partial charge is 0.309 e. The molecule has 1 heterocycles. The largest absolute Gasteiger partial charge is 0.481 e.